The Morgan fingerprint density at radius 1 is 1.36 bits per heavy atom. The van der Waals surface area contributed by atoms with Crippen molar-refractivity contribution in [3.8, 4) is 0 Å². The van der Waals surface area contributed by atoms with Gasteiger partial charge >= 0.3 is 0 Å². The van der Waals surface area contributed by atoms with Gasteiger partial charge in [0.05, 0.1) is 5.56 Å². The Morgan fingerprint density at radius 2 is 2.00 bits per heavy atom. The van der Waals surface area contributed by atoms with E-state index in [9.17, 15) is 9.59 Å². The van der Waals surface area contributed by atoms with E-state index in [4.69, 9.17) is 0 Å². The van der Waals surface area contributed by atoms with Gasteiger partial charge in [-0.3, -0.25) is 9.59 Å². The molecular formula is C11H13NO2. The van der Waals surface area contributed by atoms with Crippen LogP contribution in [0.1, 0.15) is 26.3 Å². The number of carbonyl (C=O) groups excluding carboxylic acids is 2. The molecule has 0 N–H and O–H groups in total. The van der Waals surface area contributed by atoms with Crippen molar-refractivity contribution >= 4 is 12.2 Å². The lowest BCUT2D eigenvalue weighted by molar-refractivity contribution is 0.0823. The van der Waals surface area contributed by atoms with E-state index in [0.29, 0.717) is 17.4 Å². The minimum absolute atomic E-state index is 0.134. The van der Waals surface area contributed by atoms with Gasteiger partial charge in [0.1, 0.15) is 0 Å². The number of nitrogens with zero attached hydrogens (tertiary/aromatic N) is 1. The quantitative estimate of drug-likeness (QED) is 0.664. The number of hydrogen-bond acceptors (Lipinski definition) is 2. The minimum atomic E-state index is -0.134. The van der Waals surface area contributed by atoms with Crippen LogP contribution in [0.3, 0.4) is 0 Å². The molecule has 14 heavy (non-hydrogen) atoms. The summed E-state index contributed by atoms with van der Waals surface area (Å²) in [4.78, 5) is 23.9. The maximum Gasteiger partial charge on any atom is 0.254 e. The van der Waals surface area contributed by atoms with Crippen molar-refractivity contribution < 1.29 is 9.59 Å². The Bertz CT molecular complexity index is 370. The molecule has 0 aliphatic heterocycles. The maximum absolute atomic E-state index is 11.7. The van der Waals surface area contributed by atoms with Crippen LogP contribution in [0.2, 0.25) is 0 Å². The zero-order chi connectivity index (χ0) is 10.7. The highest BCUT2D eigenvalue weighted by atomic mass is 16.2. The van der Waals surface area contributed by atoms with E-state index < -0.39 is 0 Å². The van der Waals surface area contributed by atoms with Crippen LogP contribution in [0, 0.1) is 6.92 Å². The summed E-state index contributed by atoms with van der Waals surface area (Å²) in [5, 5.41) is 0. The van der Waals surface area contributed by atoms with Crippen molar-refractivity contribution in [2.75, 3.05) is 14.1 Å². The summed E-state index contributed by atoms with van der Waals surface area (Å²) in [5.74, 6) is -0.134. The first-order chi connectivity index (χ1) is 6.57. The van der Waals surface area contributed by atoms with Gasteiger partial charge in [-0.15, -0.1) is 0 Å². The van der Waals surface area contributed by atoms with Gasteiger partial charge in [0.2, 0.25) is 0 Å². The van der Waals surface area contributed by atoms with Crippen LogP contribution in [0.5, 0.6) is 0 Å². The third-order valence-corrected chi connectivity index (χ3v) is 2.05. The molecule has 1 amide bonds. The number of aryl methyl sites for hydroxylation is 1. The van der Waals surface area contributed by atoms with Crippen molar-refractivity contribution in [1.29, 1.82) is 0 Å². The minimum Gasteiger partial charge on any atom is -0.345 e. The first-order valence-corrected chi connectivity index (χ1v) is 4.34. The predicted molar refractivity (Wildman–Crippen MR) is 54.6 cm³/mol. The molecule has 1 aromatic carbocycles. The Labute approximate surface area is 83.3 Å². The molecule has 0 radical (unpaired) electrons. The number of benzene rings is 1. The standard InChI is InChI=1S/C11H13NO2/c1-8-5-4-6-9(7-13)10(8)11(14)12(2)3/h4-7H,1-3H3. The zero-order valence-electron chi connectivity index (χ0n) is 8.57. The first-order valence-electron chi connectivity index (χ1n) is 4.34. The molecule has 0 aromatic heterocycles. The van der Waals surface area contributed by atoms with Crippen molar-refractivity contribution in [3.05, 3.63) is 34.9 Å². The van der Waals surface area contributed by atoms with Gasteiger partial charge in [0.25, 0.3) is 5.91 Å². The summed E-state index contributed by atoms with van der Waals surface area (Å²) in [7, 11) is 3.34. The van der Waals surface area contributed by atoms with E-state index in [0.717, 1.165) is 5.56 Å². The predicted octanol–water partition coefficient (Wildman–Crippen LogP) is 1.51. The van der Waals surface area contributed by atoms with Gasteiger partial charge in [-0.1, -0.05) is 18.2 Å². The Hall–Kier alpha value is -1.64. The van der Waals surface area contributed by atoms with E-state index in [1.165, 1.54) is 4.90 Å². The highest BCUT2D eigenvalue weighted by Crippen LogP contribution is 2.13. The highest BCUT2D eigenvalue weighted by molar-refractivity contribution is 6.02. The number of aldehydes is 1. The molecule has 0 saturated heterocycles. The summed E-state index contributed by atoms with van der Waals surface area (Å²) in [6.45, 7) is 1.82. The van der Waals surface area contributed by atoms with Gasteiger partial charge in [0, 0.05) is 19.7 Å². The van der Waals surface area contributed by atoms with Crippen molar-refractivity contribution in [2.24, 2.45) is 0 Å². The second-order valence-corrected chi connectivity index (χ2v) is 3.36. The Balaban J connectivity index is 3.30. The van der Waals surface area contributed by atoms with E-state index >= 15 is 0 Å². The van der Waals surface area contributed by atoms with Gasteiger partial charge in [-0.2, -0.15) is 0 Å². The average Bonchev–Trinajstić information content (AvgIpc) is 2.16. The first kappa shape index (κ1) is 10.4. The monoisotopic (exact) mass is 191 g/mol. The van der Waals surface area contributed by atoms with E-state index in [1.54, 1.807) is 26.2 Å². The fourth-order valence-electron chi connectivity index (χ4n) is 1.30. The number of amides is 1. The molecule has 1 rings (SSSR count). The molecule has 0 aliphatic carbocycles. The lowest BCUT2D eigenvalue weighted by atomic mass is 10.0. The lowest BCUT2D eigenvalue weighted by Gasteiger charge is -2.13. The number of rotatable bonds is 2. The Kier molecular flexibility index (Phi) is 3.02. The Morgan fingerprint density at radius 3 is 2.50 bits per heavy atom. The third-order valence-electron chi connectivity index (χ3n) is 2.05. The van der Waals surface area contributed by atoms with Crippen LogP contribution < -0.4 is 0 Å². The molecule has 0 aliphatic rings. The maximum atomic E-state index is 11.7. The lowest BCUT2D eigenvalue weighted by Crippen LogP contribution is -2.23. The van der Waals surface area contributed by atoms with Crippen LogP contribution in [0.15, 0.2) is 18.2 Å². The molecule has 0 fully saturated rings. The molecule has 0 atom stereocenters. The smallest absolute Gasteiger partial charge is 0.254 e. The van der Waals surface area contributed by atoms with Crippen LogP contribution in [-0.4, -0.2) is 31.2 Å². The van der Waals surface area contributed by atoms with Gasteiger partial charge in [0.15, 0.2) is 6.29 Å². The average molecular weight is 191 g/mol. The summed E-state index contributed by atoms with van der Waals surface area (Å²) in [6, 6.07) is 5.24. The van der Waals surface area contributed by atoms with Gasteiger partial charge in [-0.25, -0.2) is 0 Å². The van der Waals surface area contributed by atoms with Crippen LogP contribution >= 0.6 is 0 Å². The second-order valence-electron chi connectivity index (χ2n) is 3.36. The molecule has 0 bridgehead atoms. The van der Waals surface area contributed by atoms with E-state index in [1.807, 2.05) is 13.0 Å². The fourth-order valence-corrected chi connectivity index (χ4v) is 1.30. The molecular weight excluding hydrogens is 178 g/mol. The molecule has 3 nitrogen and oxygen atoms in total. The summed E-state index contributed by atoms with van der Waals surface area (Å²) in [6.07, 6.45) is 0.712. The topological polar surface area (TPSA) is 37.4 Å². The molecule has 0 saturated carbocycles. The van der Waals surface area contributed by atoms with Crippen LogP contribution in [0.4, 0.5) is 0 Å². The summed E-state index contributed by atoms with van der Waals surface area (Å²) in [5.41, 5.74) is 1.77. The molecule has 74 valence electrons. The van der Waals surface area contributed by atoms with E-state index in [-0.39, 0.29) is 5.91 Å². The van der Waals surface area contributed by atoms with Crippen molar-refractivity contribution in [1.82, 2.24) is 4.90 Å². The normalized spacial score (nSPS) is 9.64. The van der Waals surface area contributed by atoms with Crippen LogP contribution in [-0.2, 0) is 0 Å². The van der Waals surface area contributed by atoms with Crippen LogP contribution in [0.25, 0.3) is 0 Å². The number of carbonyl (C=O) groups is 2. The van der Waals surface area contributed by atoms with E-state index in [2.05, 4.69) is 0 Å². The molecule has 0 unspecified atom stereocenters. The highest BCUT2D eigenvalue weighted by Gasteiger charge is 2.14. The largest absolute Gasteiger partial charge is 0.345 e. The third kappa shape index (κ3) is 1.82. The zero-order valence-corrected chi connectivity index (χ0v) is 8.57. The summed E-state index contributed by atoms with van der Waals surface area (Å²) >= 11 is 0. The summed E-state index contributed by atoms with van der Waals surface area (Å²) < 4.78 is 0. The van der Waals surface area contributed by atoms with Gasteiger partial charge < -0.3 is 4.90 Å². The van der Waals surface area contributed by atoms with Crippen molar-refractivity contribution in [2.45, 2.75) is 6.92 Å². The molecule has 1 aromatic rings. The van der Waals surface area contributed by atoms with Gasteiger partial charge in [-0.05, 0) is 12.5 Å². The fraction of sp³-hybridized carbons (Fsp3) is 0.273. The molecule has 0 heterocycles. The SMILES string of the molecule is Cc1cccc(C=O)c1C(=O)N(C)C. The molecule has 0 spiro atoms. The van der Waals surface area contributed by atoms with Crippen molar-refractivity contribution in [3.63, 3.8) is 0 Å². The second kappa shape index (κ2) is 4.05. The molecule has 3 heteroatoms. The number of hydrogen-bond donors (Lipinski definition) is 0.